The number of rotatable bonds is 3. The van der Waals surface area contributed by atoms with E-state index in [0.29, 0.717) is 0 Å². The Kier molecular flexibility index (Phi) is 4.11. The highest BCUT2D eigenvalue weighted by atomic mass is 32.2. The molecule has 0 saturated heterocycles. The first-order valence-electron chi connectivity index (χ1n) is 5.88. The van der Waals surface area contributed by atoms with Crippen molar-refractivity contribution in [1.82, 2.24) is 0 Å². The van der Waals surface area contributed by atoms with Crippen LogP contribution in [0.3, 0.4) is 0 Å². The quantitative estimate of drug-likeness (QED) is 0.808. The summed E-state index contributed by atoms with van der Waals surface area (Å²) in [7, 11) is -1.08. The summed E-state index contributed by atoms with van der Waals surface area (Å²) in [4.78, 5) is 0.838. The van der Waals surface area contributed by atoms with Gasteiger partial charge in [-0.15, -0.1) is 0 Å². The van der Waals surface area contributed by atoms with Crippen LogP contribution in [0, 0.1) is 13.8 Å². The van der Waals surface area contributed by atoms with E-state index in [1.54, 1.807) is 5.41 Å². The van der Waals surface area contributed by atoms with Crippen molar-refractivity contribution in [2.45, 2.75) is 18.7 Å². The van der Waals surface area contributed by atoms with Gasteiger partial charge < -0.3 is 0 Å². The first kappa shape index (κ1) is 12.8. The van der Waals surface area contributed by atoms with Crippen LogP contribution in [0.4, 0.5) is 0 Å². The molecule has 2 rings (SSSR count). The van der Waals surface area contributed by atoms with Crippen LogP contribution in [0.5, 0.6) is 0 Å². The Labute approximate surface area is 111 Å². The normalized spacial score (nSPS) is 12.8. The molecule has 0 N–H and O–H groups in total. The standard InChI is InChI=1S/C16H16OS/c1-13-7-9-16(10-8-13)18(17)12-11-15-6-4-3-5-14(15)2/h3-12H,1-2H3/b12-11+. The zero-order valence-electron chi connectivity index (χ0n) is 10.6. The van der Waals surface area contributed by atoms with E-state index in [2.05, 4.69) is 13.0 Å². The Bertz CT molecular complexity index is 582. The second kappa shape index (κ2) is 5.78. The van der Waals surface area contributed by atoms with Crippen molar-refractivity contribution in [3.63, 3.8) is 0 Å². The lowest BCUT2D eigenvalue weighted by Gasteiger charge is -2.00. The van der Waals surface area contributed by atoms with Crippen LogP contribution in [0.25, 0.3) is 6.08 Å². The third kappa shape index (κ3) is 3.17. The molecule has 2 aromatic rings. The molecule has 0 aliphatic carbocycles. The van der Waals surface area contributed by atoms with Crippen LogP contribution in [-0.4, -0.2) is 4.21 Å². The van der Waals surface area contributed by atoms with Gasteiger partial charge in [0.2, 0.25) is 0 Å². The Hall–Kier alpha value is -1.67. The van der Waals surface area contributed by atoms with Crippen LogP contribution in [0.2, 0.25) is 0 Å². The molecule has 18 heavy (non-hydrogen) atoms. The molecule has 0 aliphatic rings. The van der Waals surface area contributed by atoms with Gasteiger partial charge in [-0.1, -0.05) is 42.0 Å². The summed E-state index contributed by atoms with van der Waals surface area (Å²) in [5.74, 6) is 0. The van der Waals surface area contributed by atoms with Crippen molar-refractivity contribution in [2.24, 2.45) is 0 Å². The molecule has 0 saturated carbocycles. The summed E-state index contributed by atoms with van der Waals surface area (Å²) in [5, 5.41) is 1.74. The first-order valence-corrected chi connectivity index (χ1v) is 7.09. The van der Waals surface area contributed by atoms with Crippen molar-refractivity contribution in [2.75, 3.05) is 0 Å². The van der Waals surface area contributed by atoms with Gasteiger partial charge in [-0.05, 0) is 43.2 Å². The van der Waals surface area contributed by atoms with Crippen molar-refractivity contribution in [1.29, 1.82) is 0 Å². The summed E-state index contributed by atoms with van der Waals surface area (Å²) in [5.41, 5.74) is 3.48. The molecule has 2 aromatic carbocycles. The molecular formula is C16H16OS. The largest absolute Gasteiger partial charge is 0.250 e. The highest BCUT2D eigenvalue weighted by Gasteiger charge is 1.99. The van der Waals surface area contributed by atoms with Crippen molar-refractivity contribution < 1.29 is 4.21 Å². The van der Waals surface area contributed by atoms with E-state index in [1.807, 2.05) is 55.5 Å². The summed E-state index contributed by atoms with van der Waals surface area (Å²) in [6, 6.07) is 15.8. The number of aryl methyl sites for hydroxylation is 2. The fraction of sp³-hybridized carbons (Fsp3) is 0.125. The maximum atomic E-state index is 12.1. The van der Waals surface area contributed by atoms with Gasteiger partial charge in [-0.25, -0.2) is 4.21 Å². The molecule has 0 bridgehead atoms. The van der Waals surface area contributed by atoms with Gasteiger partial charge in [0.05, 0.1) is 10.8 Å². The molecule has 0 heterocycles. The minimum atomic E-state index is -1.08. The molecule has 2 heteroatoms. The molecule has 0 fully saturated rings. The second-order valence-electron chi connectivity index (χ2n) is 4.27. The molecular weight excluding hydrogens is 240 g/mol. The number of benzene rings is 2. The maximum Gasteiger partial charge on any atom is 0.0776 e. The lowest BCUT2D eigenvalue weighted by molar-refractivity contribution is 0.688. The molecule has 1 nitrogen and oxygen atoms in total. The topological polar surface area (TPSA) is 17.1 Å². The molecule has 1 atom stereocenters. The zero-order valence-corrected chi connectivity index (χ0v) is 11.4. The molecule has 0 aromatic heterocycles. The monoisotopic (exact) mass is 256 g/mol. The maximum absolute atomic E-state index is 12.1. The Morgan fingerprint density at radius 3 is 2.28 bits per heavy atom. The van der Waals surface area contributed by atoms with Crippen LogP contribution in [-0.2, 0) is 10.8 Å². The van der Waals surface area contributed by atoms with E-state index in [1.165, 1.54) is 11.1 Å². The third-order valence-electron chi connectivity index (χ3n) is 2.81. The van der Waals surface area contributed by atoms with Gasteiger partial charge in [-0.2, -0.15) is 0 Å². The van der Waals surface area contributed by atoms with Crippen LogP contribution >= 0.6 is 0 Å². The van der Waals surface area contributed by atoms with E-state index in [0.717, 1.165) is 10.5 Å². The van der Waals surface area contributed by atoms with E-state index >= 15 is 0 Å². The lowest BCUT2D eigenvalue weighted by Crippen LogP contribution is -1.87. The van der Waals surface area contributed by atoms with Crippen LogP contribution in [0.1, 0.15) is 16.7 Å². The number of hydrogen-bond acceptors (Lipinski definition) is 1. The van der Waals surface area contributed by atoms with Gasteiger partial charge >= 0.3 is 0 Å². The van der Waals surface area contributed by atoms with Gasteiger partial charge in [-0.3, -0.25) is 0 Å². The summed E-state index contributed by atoms with van der Waals surface area (Å²) >= 11 is 0. The highest BCUT2D eigenvalue weighted by Crippen LogP contribution is 2.13. The van der Waals surface area contributed by atoms with Crippen molar-refractivity contribution >= 4 is 16.9 Å². The minimum Gasteiger partial charge on any atom is -0.250 e. The smallest absolute Gasteiger partial charge is 0.0776 e. The molecule has 0 spiro atoms. The highest BCUT2D eigenvalue weighted by molar-refractivity contribution is 7.88. The third-order valence-corrected chi connectivity index (χ3v) is 3.93. The summed E-state index contributed by atoms with van der Waals surface area (Å²) in [6.45, 7) is 4.07. The average Bonchev–Trinajstić information content (AvgIpc) is 2.38. The van der Waals surface area contributed by atoms with Gasteiger partial charge in [0.15, 0.2) is 0 Å². The predicted molar refractivity (Wildman–Crippen MR) is 77.8 cm³/mol. The van der Waals surface area contributed by atoms with Crippen molar-refractivity contribution in [3.8, 4) is 0 Å². The lowest BCUT2D eigenvalue weighted by atomic mass is 10.1. The second-order valence-corrected chi connectivity index (χ2v) is 5.61. The van der Waals surface area contributed by atoms with Crippen LogP contribution < -0.4 is 0 Å². The Morgan fingerprint density at radius 2 is 1.61 bits per heavy atom. The molecule has 92 valence electrons. The predicted octanol–water partition coefficient (Wildman–Crippen LogP) is 4.08. The summed E-state index contributed by atoms with van der Waals surface area (Å²) < 4.78 is 12.1. The van der Waals surface area contributed by atoms with Gasteiger partial charge in [0, 0.05) is 10.3 Å². The Morgan fingerprint density at radius 1 is 0.944 bits per heavy atom. The molecule has 0 amide bonds. The Balaban J connectivity index is 2.17. The average molecular weight is 256 g/mol. The summed E-state index contributed by atoms with van der Waals surface area (Å²) in [6.07, 6.45) is 1.92. The minimum absolute atomic E-state index is 0.838. The zero-order chi connectivity index (χ0) is 13.0. The van der Waals surface area contributed by atoms with E-state index in [4.69, 9.17) is 0 Å². The van der Waals surface area contributed by atoms with Gasteiger partial charge in [0.1, 0.15) is 0 Å². The van der Waals surface area contributed by atoms with E-state index < -0.39 is 10.8 Å². The fourth-order valence-electron chi connectivity index (χ4n) is 1.66. The van der Waals surface area contributed by atoms with E-state index in [9.17, 15) is 4.21 Å². The first-order chi connectivity index (χ1) is 8.66. The van der Waals surface area contributed by atoms with Crippen LogP contribution in [0.15, 0.2) is 58.8 Å². The molecule has 0 radical (unpaired) electrons. The molecule has 0 aliphatic heterocycles. The van der Waals surface area contributed by atoms with Gasteiger partial charge in [0.25, 0.3) is 0 Å². The van der Waals surface area contributed by atoms with Crippen molar-refractivity contribution in [3.05, 3.63) is 70.6 Å². The fourth-order valence-corrected chi connectivity index (χ4v) is 2.49. The number of hydrogen-bond donors (Lipinski definition) is 0. The molecule has 1 unspecified atom stereocenters. The van der Waals surface area contributed by atoms with E-state index in [-0.39, 0.29) is 0 Å². The SMILES string of the molecule is Cc1ccc(S(=O)/C=C/c2ccccc2C)cc1.